The van der Waals surface area contributed by atoms with Gasteiger partial charge in [-0.25, -0.2) is 0 Å². The minimum atomic E-state index is -0.442. The lowest BCUT2D eigenvalue weighted by molar-refractivity contribution is -0.133. The number of rotatable bonds is 6. The molecule has 0 aromatic carbocycles. The lowest BCUT2D eigenvalue weighted by Gasteiger charge is -2.30. The number of hydrogen-bond acceptors (Lipinski definition) is 2. The third kappa shape index (κ3) is 3.65. The van der Waals surface area contributed by atoms with Gasteiger partial charge >= 0.3 is 0 Å². The molecule has 1 saturated carbocycles. The Morgan fingerprint density at radius 3 is 2.53 bits per heavy atom. The number of carbonyl (C=O) groups excluding carboxylic acids is 1. The normalized spacial score (nSPS) is 19.7. The molecule has 1 fully saturated rings. The van der Waals surface area contributed by atoms with Crippen molar-refractivity contribution in [3.63, 3.8) is 0 Å². The van der Waals surface area contributed by atoms with Crippen molar-refractivity contribution in [1.82, 2.24) is 4.90 Å². The summed E-state index contributed by atoms with van der Waals surface area (Å²) in [4.78, 5) is 13.7. The molecule has 15 heavy (non-hydrogen) atoms. The van der Waals surface area contributed by atoms with Crippen molar-refractivity contribution in [3.05, 3.63) is 0 Å². The Balaban J connectivity index is 2.54. The second kappa shape index (κ2) is 5.71. The fourth-order valence-corrected chi connectivity index (χ4v) is 1.89. The Labute approximate surface area is 96.7 Å². The summed E-state index contributed by atoms with van der Waals surface area (Å²) >= 11 is 5.84. The molecular weight excluding hydrogens is 214 g/mol. The quantitative estimate of drug-likeness (QED) is 0.656. The predicted octanol–water partition coefficient (Wildman–Crippen LogP) is 1.89. The molecule has 2 unspecified atom stereocenters. The van der Waals surface area contributed by atoms with Gasteiger partial charge in [0.25, 0.3) is 0 Å². The molecule has 0 bridgehead atoms. The largest absolute Gasteiger partial charge is 0.383 e. The number of nitrogens with zero attached hydrogens (tertiary/aromatic N) is 1. The predicted molar refractivity (Wildman–Crippen MR) is 61.1 cm³/mol. The molecule has 0 spiro atoms. The lowest BCUT2D eigenvalue weighted by Crippen LogP contribution is -2.44. The maximum atomic E-state index is 11.9. The van der Waals surface area contributed by atoms with Crippen LogP contribution in [0.15, 0.2) is 0 Å². The van der Waals surface area contributed by atoms with Gasteiger partial charge in [0.2, 0.25) is 5.91 Å². The second-order valence-electron chi connectivity index (χ2n) is 4.22. The standard InChI is InChI=1S/C11H20ClNO2/c1-8(12)11(14)13(6-7-15-3)9(2)10-4-5-10/h8-10H,4-7H2,1-3H3. The molecule has 1 amide bonds. The molecule has 1 rings (SSSR count). The third-order valence-electron chi connectivity index (χ3n) is 2.96. The lowest BCUT2D eigenvalue weighted by atomic mass is 10.1. The number of halogens is 1. The van der Waals surface area contributed by atoms with Gasteiger partial charge in [-0.15, -0.1) is 11.6 Å². The first-order chi connectivity index (χ1) is 7.07. The van der Waals surface area contributed by atoms with E-state index >= 15 is 0 Å². The van der Waals surface area contributed by atoms with Crippen molar-refractivity contribution in [1.29, 1.82) is 0 Å². The first kappa shape index (κ1) is 12.8. The monoisotopic (exact) mass is 233 g/mol. The van der Waals surface area contributed by atoms with Crippen LogP contribution >= 0.6 is 11.6 Å². The van der Waals surface area contributed by atoms with E-state index in [2.05, 4.69) is 6.92 Å². The Kier molecular flexibility index (Phi) is 4.87. The van der Waals surface area contributed by atoms with Crippen molar-refractivity contribution in [3.8, 4) is 0 Å². The molecule has 0 N–H and O–H groups in total. The molecule has 4 heteroatoms. The molecule has 0 heterocycles. The van der Waals surface area contributed by atoms with Crippen molar-refractivity contribution in [2.24, 2.45) is 5.92 Å². The van der Waals surface area contributed by atoms with Gasteiger partial charge in [0.15, 0.2) is 0 Å². The zero-order valence-corrected chi connectivity index (χ0v) is 10.5. The summed E-state index contributed by atoms with van der Waals surface area (Å²) in [6.07, 6.45) is 2.46. The number of carbonyl (C=O) groups is 1. The summed E-state index contributed by atoms with van der Waals surface area (Å²) in [7, 11) is 1.65. The molecule has 0 aromatic rings. The van der Waals surface area contributed by atoms with Crippen molar-refractivity contribution < 1.29 is 9.53 Å². The van der Waals surface area contributed by atoms with E-state index < -0.39 is 5.38 Å². The molecule has 1 aliphatic carbocycles. The third-order valence-corrected chi connectivity index (χ3v) is 3.14. The first-order valence-electron chi connectivity index (χ1n) is 5.51. The summed E-state index contributed by atoms with van der Waals surface area (Å²) in [5.74, 6) is 0.689. The van der Waals surface area contributed by atoms with Crippen LogP contribution in [0.2, 0.25) is 0 Å². The maximum Gasteiger partial charge on any atom is 0.240 e. The van der Waals surface area contributed by atoms with Crippen molar-refractivity contribution in [2.75, 3.05) is 20.3 Å². The Morgan fingerprint density at radius 2 is 2.13 bits per heavy atom. The Hall–Kier alpha value is -0.280. The first-order valence-corrected chi connectivity index (χ1v) is 5.95. The highest BCUT2D eigenvalue weighted by Gasteiger charge is 2.34. The SMILES string of the molecule is COCCN(C(=O)C(C)Cl)C(C)C1CC1. The summed E-state index contributed by atoms with van der Waals surface area (Å²) < 4.78 is 5.02. The topological polar surface area (TPSA) is 29.5 Å². The van der Waals surface area contributed by atoms with Crippen LogP contribution in [0.25, 0.3) is 0 Å². The van der Waals surface area contributed by atoms with Crippen LogP contribution < -0.4 is 0 Å². The average molecular weight is 234 g/mol. The summed E-state index contributed by atoms with van der Waals surface area (Å²) in [5, 5.41) is -0.442. The van der Waals surface area contributed by atoms with E-state index in [1.165, 1.54) is 12.8 Å². The number of methoxy groups -OCH3 is 1. The van der Waals surface area contributed by atoms with E-state index in [0.29, 0.717) is 25.1 Å². The van der Waals surface area contributed by atoms with Gasteiger partial charge < -0.3 is 9.64 Å². The van der Waals surface area contributed by atoms with Crippen LogP contribution in [0.4, 0.5) is 0 Å². The van der Waals surface area contributed by atoms with E-state index in [4.69, 9.17) is 16.3 Å². The molecule has 0 aromatic heterocycles. The van der Waals surface area contributed by atoms with Crippen molar-refractivity contribution in [2.45, 2.75) is 38.1 Å². The van der Waals surface area contributed by atoms with Gasteiger partial charge in [0.1, 0.15) is 5.38 Å². The van der Waals surface area contributed by atoms with E-state index in [-0.39, 0.29) is 5.91 Å². The Bertz CT molecular complexity index is 217. The van der Waals surface area contributed by atoms with Crippen LogP contribution in [-0.2, 0) is 9.53 Å². The highest BCUT2D eigenvalue weighted by molar-refractivity contribution is 6.30. The maximum absolute atomic E-state index is 11.9. The summed E-state index contributed by atoms with van der Waals surface area (Å²) in [5.41, 5.74) is 0. The van der Waals surface area contributed by atoms with Gasteiger partial charge in [-0.1, -0.05) is 0 Å². The van der Waals surface area contributed by atoms with Crippen molar-refractivity contribution >= 4 is 17.5 Å². The van der Waals surface area contributed by atoms with Gasteiger partial charge in [0.05, 0.1) is 6.61 Å². The van der Waals surface area contributed by atoms with Crippen LogP contribution in [0, 0.1) is 5.92 Å². The number of alkyl halides is 1. The van der Waals surface area contributed by atoms with E-state index in [1.807, 2.05) is 4.90 Å². The fourth-order valence-electron chi connectivity index (χ4n) is 1.77. The van der Waals surface area contributed by atoms with Crippen LogP contribution in [0.1, 0.15) is 26.7 Å². The zero-order chi connectivity index (χ0) is 11.4. The Morgan fingerprint density at radius 1 is 1.53 bits per heavy atom. The molecule has 88 valence electrons. The summed E-state index contributed by atoms with van der Waals surface area (Å²) in [6, 6.07) is 0.300. The average Bonchev–Trinajstić information content (AvgIpc) is 3.00. The summed E-state index contributed by atoms with van der Waals surface area (Å²) in [6.45, 7) is 5.05. The van der Waals surface area contributed by atoms with Gasteiger partial charge in [-0.05, 0) is 32.6 Å². The highest BCUT2D eigenvalue weighted by atomic mass is 35.5. The van der Waals surface area contributed by atoms with Crippen LogP contribution in [0.3, 0.4) is 0 Å². The number of ether oxygens (including phenoxy) is 1. The molecule has 0 radical (unpaired) electrons. The van der Waals surface area contributed by atoms with Crippen LogP contribution in [-0.4, -0.2) is 42.5 Å². The minimum absolute atomic E-state index is 0.0214. The van der Waals surface area contributed by atoms with Gasteiger partial charge in [-0.3, -0.25) is 4.79 Å². The highest BCUT2D eigenvalue weighted by Crippen LogP contribution is 2.35. The molecular formula is C11H20ClNO2. The molecule has 3 nitrogen and oxygen atoms in total. The van der Waals surface area contributed by atoms with Gasteiger partial charge in [-0.2, -0.15) is 0 Å². The minimum Gasteiger partial charge on any atom is -0.383 e. The zero-order valence-electron chi connectivity index (χ0n) is 9.70. The smallest absolute Gasteiger partial charge is 0.240 e. The van der Waals surface area contributed by atoms with Gasteiger partial charge in [0, 0.05) is 19.7 Å². The number of hydrogen-bond donors (Lipinski definition) is 0. The second-order valence-corrected chi connectivity index (χ2v) is 4.87. The fraction of sp³-hybridized carbons (Fsp3) is 0.909. The number of amides is 1. The van der Waals surface area contributed by atoms with Crippen LogP contribution in [0.5, 0.6) is 0 Å². The molecule has 0 saturated heterocycles. The molecule has 1 aliphatic rings. The van der Waals surface area contributed by atoms with E-state index in [0.717, 1.165) is 0 Å². The van der Waals surface area contributed by atoms with E-state index in [1.54, 1.807) is 14.0 Å². The molecule has 2 atom stereocenters. The van der Waals surface area contributed by atoms with E-state index in [9.17, 15) is 4.79 Å². The molecule has 0 aliphatic heterocycles.